The number of fused-ring (bicyclic) bond motifs is 1. The molecule has 3 aromatic heterocycles. The van der Waals surface area contributed by atoms with Crippen LogP contribution < -0.4 is 10.6 Å². The Morgan fingerprint density at radius 2 is 1.86 bits per heavy atom. The highest BCUT2D eigenvalue weighted by molar-refractivity contribution is 7.13. The van der Waals surface area contributed by atoms with E-state index in [0.29, 0.717) is 27.8 Å². The number of rotatable bonds is 7. The van der Waals surface area contributed by atoms with Gasteiger partial charge in [0.05, 0.1) is 22.6 Å². The Bertz CT molecular complexity index is 1380. The van der Waals surface area contributed by atoms with Gasteiger partial charge in [-0.25, -0.2) is 33.1 Å². The summed E-state index contributed by atoms with van der Waals surface area (Å²) in [6.45, 7) is 3.30. The second kappa shape index (κ2) is 9.82. The van der Waals surface area contributed by atoms with Gasteiger partial charge >= 0.3 is 0 Å². The molecule has 1 amide bonds. The van der Waals surface area contributed by atoms with Crippen LogP contribution in [-0.2, 0) is 0 Å². The first-order chi connectivity index (χ1) is 16.7. The number of carbonyl (C=O) groups is 1. The first-order valence-corrected chi connectivity index (χ1v) is 11.4. The molecule has 0 unspecified atom stereocenters. The van der Waals surface area contributed by atoms with Crippen LogP contribution in [0.3, 0.4) is 0 Å². The largest absolute Gasteiger partial charge is 0.363 e. The third kappa shape index (κ3) is 5.02. The zero-order chi connectivity index (χ0) is 25.3. The first-order valence-electron chi connectivity index (χ1n) is 10.6. The summed E-state index contributed by atoms with van der Waals surface area (Å²) < 4.78 is 41.1. The molecule has 12 heteroatoms. The minimum absolute atomic E-state index is 0.0619. The zero-order valence-corrected chi connectivity index (χ0v) is 20.1. The number of hydrogen-bond donors (Lipinski definition) is 2. The third-order valence-corrected chi connectivity index (χ3v) is 5.89. The summed E-state index contributed by atoms with van der Waals surface area (Å²) in [6, 6.07) is 4.76. The lowest BCUT2D eigenvalue weighted by molar-refractivity contribution is 0.0828. The molecule has 8 nitrogen and oxygen atoms in total. The van der Waals surface area contributed by atoms with Crippen molar-refractivity contribution in [3.05, 3.63) is 64.2 Å². The molecule has 35 heavy (non-hydrogen) atoms. The van der Waals surface area contributed by atoms with Crippen molar-refractivity contribution in [2.75, 3.05) is 24.7 Å². The Morgan fingerprint density at radius 3 is 2.51 bits per heavy atom. The maximum atomic E-state index is 14.7. The van der Waals surface area contributed by atoms with Crippen molar-refractivity contribution in [2.24, 2.45) is 0 Å². The summed E-state index contributed by atoms with van der Waals surface area (Å²) in [5, 5.41) is 8.89. The Kier molecular flexibility index (Phi) is 6.83. The van der Waals surface area contributed by atoms with E-state index in [-0.39, 0.29) is 22.9 Å². The fourth-order valence-electron chi connectivity index (χ4n) is 3.51. The molecule has 4 rings (SSSR count). The van der Waals surface area contributed by atoms with E-state index < -0.39 is 23.8 Å². The number of benzene rings is 1. The quantitative estimate of drug-likeness (QED) is 0.346. The average Bonchev–Trinajstić information content (AvgIpc) is 3.31. The summed E-state index contributed by atoms with van der Waals surface area (Å²) in [5.74, 6) is -0.335. The lowest BCUT2D eigenvalue weighted by atomic mass is 10.0. The monoisotopic (exact) mass is 501 g/mol. The van der Waals surface area contributed by atoms with Crippen molar-refractivity contribution in [2.45, 2.75) is 26.3 Å². The second-order valence-corrected chi connectivity index (χ2v) is 8.85. The number of amides is 1. The van der Waals surface area contributed by atoms with Crippen LogP contribution in [0, 0.1) is 12.7 Å². The fourth-order valence-corrected chi connectivity index (χ4v) is 4.04. The van der Waals surface area contributed by atoms with Crippen molar-refractivity contribution >= 4 is 45.0 Å². The number of aromatic nitrogens is 4. The van der Waals surface area contributed by atoms with Gasteiger partial charge in [-0.2, -0.15) is 0 Å². The molecule has 0 spiro atoms. The number of carbonyl (C=O) groups excluding carboxylic acids is 1. The van der Waals surface area contributed by atoms with Gasteiger partial charge < -0.3 is 15.5 Å². The summed E-state index contributed by atoms with van der Waals surface area (Å²) in [4.78, 5) is 31.9. The minimum atomic E-state index is -2.93. The van der Waals surface area contributed by atoms with E-state index in [9.17, 15) is 18.0 Å². The predicted molar refractivity (Wildman–Crippen MR) is 129 cm³/mol. The zero-order valence-electron chi connectivity index (χ0n) is 19.3. The Morgan fingerprint density at radius 1 is 1.11 bits per heavy atom. The fraction of sp³-hybridized carbons (Fsp3) is 0.261. The highest BCUT2D eigenvalue weighted by Gasteiger charge is 2.23. The number of pyridine rings is 1. The normalized spacial score (nSPS) is 12.1. The van der Waals surface area contributed by atoms with Crippen LogP contribution in [0.5, 0.6) is 0 Å². The Balaban J connectivity index is 1.81. The van der Waals surface area contributed by atoms with Gasteiger partial charge in [-0.3, -0.25) is 4.79 Å². The lowest BCUT2D eigenvalue weighted by Crippen LogP contribution is -2.23. The van der Waals surface area contributed by atoms with Gasteiger partial charge in [0.25, 0.3) is 12.3 Å². The van der Waals surface area contributed by atoms with E-state index in [1.807, 2.05) is 0 Å². The molecule has 4 aromatic rings. The van der Waals surface area contributed by atoms with Crippen LogP contribution in [-0.4, -0.2) is 44.8 Å². The number of alkyl halides is 2. The predicted octanol–water partition coefficient (Wildman–Crippen LogP) is 5.48. The summed E-state index contributed by atoms with van der Waals surface area (Å²) in [7, 11) is 3.23. The van der Waals surface area contributed by atoms with Crippen molar-refractivity contribution in [1.82, 2.24) is 24.8 Å². The van der Waals surface area contributed by atoms with Gasteiger partial charge in [0.1, 0.15) is 23.3 Å². The van der Waals surface area contributed by atoms with E-state index >= 15 is 0 Å². The maximum Gasteiger partial charge on any atom is 0.266 e. The summed E-state index contributed by atoms with van der Waals surface area (Å²) in [5.41, 5.74) is -0.0553. The molecule has 0 aliphatic carbocycles. The third-order valence-electron chi connectivity index (χ3n) is 5.21. The standard InChI is InChI=1S/C23H22F3N7OS/c1-11(13-6-5-7-14(17(13)24)18(25)26)28-19-15-10-16(22(34)33(3)4)21(32-23-27-8-9-35-23)31-20(15)30-12(2)29-19/h5-11,18H,1-4H3,(H2,27,28,29,30,31,32)/t11-/m1/s1. The van der Waals surface area contributed by atoms with Gasteiger partial charge in [0, 0.05) is 31.2 Å². The highest BCUT2D eigenvalue weighted by Crippen LogP contribution is 2.32. The average molecular weight is 502 g/mol. The van der Waals surface area contributed by atoms with Gasteiger partial charge in [0.15, 0.2) is 10.8 Å². The van der Waals surface area contributed by atoms with Crippen LogP contribution in [0.25, 0.3) is 11.0 Å². The molecule has 0 fully saturated rings. The summed E-state index contributed by atoms with van der Waals surface area (Å²) >= 11 is 1.35. The molecule has 0 radical (unpaired) electrons. The molecule has 182 valence electrons. The number of halogens is 3. The molecular weight excluding hydrogens is 479 g/mol. The number of nitrogens with one attached hydrogen (secondary N) is 2. The van der Waals surface area contributed by atoms with Gasteiger partial charge in [-0.05, 0) is 19.9 Å². The van der Waals surface area contributed by atoms with Gasteiger partial charge in [-0.1, -0.05) is 18.2 Å². The van der Waals surface area contributed by atoms with E-state index in [0.717, 1.165) is 6.07 Å². The van der Waals surface area contributed by atoms with Crippen LogP contribution in [0.1, 0.15) is 46.7 Å². The molecule has 0 aliphatic heterocycles. The van der Waals surface area contributed by atoms with Crippen LogP contribution >= 0.6 is 11.3 Å². The van der Waals surface area contributed by atoms with E-state index in [1.54, 1.807) is 45.6 Å². The molecule has 0 saturated carbocycles. The number of nitrogens with zero attached hydrogens (tertiary/aromatic N) is 5. The first kappa shape index (κ1) is 24.3. The highest BCUT2D eigenvalue weighted by atomic mass is 32.1. The van der Waals surface area contributed by atoms with Crippen LogP contribution in [0.2, 0.25) is 0 Å². The molecular formula is C23H22F3N7OS. The minimum Gasteiger partial charge on any atom is -0.363 e. The topological polar surface area (TPSA) is 95.9 Å². The molecule has 0 saturated heterocycles. The Hall–Kier alpha value is -3.80. The maximum absolute atomic E-state index is 14.7. The number of hydrogen-bond acceptors (Lipinski definition) is 8. The van der Waals surface area contributed by atoms with Crippen LogP contribution in [0.15, 0.2) is 35.8 Å². The molecule has 1 aromatic carbocycles. The van der Waals surface area contributed by atoms with Gasteiger partial charge in [0.2, 0.25) is 0 Å². The molecule has 1 atom stereocenters. The SMILES string of the molecule is Cc1nc(N[C@H](C)c2cccc(C(F)F)c2F)c2cc(C(=O)N(C)C)c(Nc3nccs3)nc2n1. The molecule has 3 heterocycles. The van der Waals surface area contributed by atoms with Crippen LogP contribution in [0.4, 0.5) is 29.9 Å². The number of aryl methyl sites for hydroxylation is 1. The van der Waals surface area contributed by atoms with E-state index in [2.05, 4.69) is 30.6 Å². The van der Waals surface area contributed by atoms with Gasteiger partial charge in [-0.15, -0.1) is 11.3 Å². The van der Waals surface area contributed by atoms with E-state index in [1.165, 1.54) is 28.4 Å². The lowest BCUT2D eigenvalue weighted by Gasteiger charge is -2.19. The molecule has 0 bridgehead atoms. The molecule has 2 N–H and O–H groups in total. The van der Waals surface area contributed by atoms with E-state index in [4.69, 9.17) is 0 Å². The smallest absolute Gasteiger partial charge is 0.266 e. The second-order valence-electron chi connectivity index (χ2n) is 7.95. The van der Waals surface area contributed by atoms with Crippen molar-refractivity contribution in [3.8, 4) is 0 Å². The van der Waals surface area contributed by atoms with Crippen molar-refractivity contribution in [3.63, 3.8) is 0 Å². The number of anilines is 3. The summed E-state index contributed by atoms with van der Waals surface area (Å²) in [6.07, 6.45) is -1.31. The Labute approximate surface area is 203 Å². The van der Waals surface area contributed by atoms with Crippen molar-refractivity contribution < 1.29 is 18.0 Å². The molecule has 0 aliphatic rings. The number of thiazole rings is 1. The van der Waals surface area contributed by atoms with Crippen molar-refractivity contribution in [1.29, 1.82) is 0 Å².